The van der Waals surface area contributed by atoms with Crippen LogP contribution < -0.4 is 4.90 Å². The largest absolute Gasteiger partial charge is 0.465 e. The van der Waals surface area contributed by atoms with Crippen LogP contribution in [0.1, 0.15) is 92.6 Å². The second kappa shape index (κ2) is 12.7. The van der Waals surface area contributed by atoms with Gasteiger partial charge in [0, 0.05) is 18.8 Å². The van der Waals surface area contributed by atoms with Crippen molar-refractivity contribution in [2.75, 3.05) is 25.1 Å². The van der Waals surface area contributed by atoms with Gasteiger partial charge in [0.2, 0.25) is 0 Å². The maximum absolute atomic E-state index is 11.7. The van der Waals surface area contributed by atoms with Gasteiger partial charge in [-0.1, -0.05) is 76.3 Å². The molecular formula is C29H41NO2. The maximum atomic E-state index is 11.7. The molecule has 1 aliphatic heterocycles. The van der Waals surface area contributed by atoms with Crippen LogP contribution >= 0.6 is 0 Å². The van der Waals surface area contributed by atoms with Crippen molar-refractivity contribution in [2.45, 2.75) is 77.6 Å². The van der Waals surface area contributed by atoms with Crippen LogP contribution in [0.5, 0.6) is 0 Å². The Morgan fingerprint density at radius 2 is 1.69 bits per heavy atom. The molecule has 3 nitrogen and oxygen atoms in total. The van der Waals surface area contributed by atoms with E-state index in [1.165, 1.54) is 68.9 Å². The molecule has 1 unspecified atom stereocenters. The molecule has 0 saturated carbocycles. The standard InChI is InChI=1S/C29H41NO2/c1-4-5-6-10-23(2)11-9-13-26-12-7-8-14-28(26)30-21-19-25(20-22-30)24-15-17-27(18-16-24)29(31)32-3/h7-8,12,14-18,23,25H,4-6,9-11,13,19-22H2,1-3H3. The number of anilines is 1. The van der Waals surface area contributed by atoms with Crippen LogP contribution in [0.2, 0.25) is 0 Å². The summed E-state index contributed by atoms with van der Waals surface area (Å²) in [5, 5.41) is 0. The summed E-state index contributed by atoms with van der Waals surface area (Å²) in [5.41, 5.74) is 4.91. The third kappa shape index (κ3) is 6.85. The number of aryl methyl sites for hydroxylation is 1. The number of esters is 1. The molecule has 0 spiro atoms. The minimum absolute atomic E-state index is 0.265. The van der Waals surface area contributed by atoms with Crippen molar-refractivity contribution in [1.82, 2.24) is 0 Å². The van der Waals surface area contributed by atoms with Gasteiger partial charge in [-0.25, -0.2) is 4.79 Å². The van der Waals surface area contributed by atoms with Gasteiger partial charge < -0.3 is 9.64 Å². The van der Waals surface area contributed by atoms with Gasteiger partial charge in [-0.2, -0.15) is 0 Å². The van der Waals surface area contributed by atoms with E-state index in [0.717, 1.165) is 31.8 Å². The lowest BCUT2D eigenvalue weighted by atomic mass is 9.88. The van der Waals surface area contributed by atoms with Crippen LogP contribution in [0, 0.1) is 5.92 Å². The second-order valence-electron chi connectivity index (χ2n) is 9.50. The summed E-state index contributed by atoms with van der Waals surface area (Å²) in [4.78, 5) is 14.3. The molecule has 0 bridgehead atoms. The number of carbonyl (C=O) groups is 1. The van der Waals surface area contributed by atoms with Gasteiger partial charge in [-0.05, 0) is 66.8 Å². The third-order valence-electron chi connectivity index (χ3n) is 7.07. The zero-order valence-corrected chi connectivity index (χ0v) is 20.3. The molecular weight excluding hydrogens is 394 g/mol. The van der Waals surface area contributed by atoms with Gasteiger partial charge >= 0.3 is 5.97 Å². The zero-order chi connectivity index (χ0) is 22.8. The van der Waals surface area contributed by atoms with Crippen LogP contribution in [0.25, 0.3) is 0 Å². The lowest BCUT2D eigenvalue weighted by molar-refractivity contribution is 0.0600. The number of rotatable bonds is 11. The highest BCUT2D eigenvalue weighted by Crippen LogP contribution is 2.32. The number of piperidine rings is 1. The molecule has 0 aliphatic carbocycles. The van der Waals surface area contributed by atoms with Crippen molar-refractivity contribution >= 4 is 11.7 Å². The molecule has 32 heavy (non-hydrogen) atoms. The van der Waals surface area contributed by atoms with Gasteiger partial charge in [-0.15, -0.1) is 0 Å². The molecule has 2 aromatic carbocycles. The van der Waals surface area contributed by atoms with E-state index in [2.05, 4.69) is 55.1 Å². The average molecular weight is 436 g/mol. The maximum Gasteiger partial charge on any atom is 0.337 e. The first-order valence-corrected chi connectivity index (χ1v) is 12.6. The van der Waals surface area contributed by atoms with Crippen LogP contribution in [-0.4, -0.2) is 26.2 Å². The van der Waals surface area contributed by atoms with E-state index in [-0.39, 0.29) is 5.97 Å². The second-order valence-corrected chi connectivity index (χ2v) is 9.50. The topological polar surface area (TPSA) is 29.5 Å². The Morgan fingerprint density at radius 1 is 1.00 bits per heavy atom. The van der Waals surface area contributed by atoms with Crippen LogP contribution in [0.4, 0.5) is 5.69 Å². The summed E-state index contributed by atoms with van der Waals surface area (Å²) < 4.78 is 4.81. The van der Waals surface area contributed by atoms with E-state index in [1.54, 1.807) is 0 Å². The Morgan fingerprint density at radius 3 is 2.38 bits per heavy atom. The van der Waals surface area contributed by atoms with Crippen molar-refractivity contribution in [3.05, 3.63) is 65.2 Å². The van der Waals surface area contributed by atoms with Gasteiger partial charge in [-0.3, -0.25) is 0 Å². The monoisotopic (exact) mass is 435 g/mol. The first-order chi connectivity index (χ1) is 15.6. The van der Waals surface area contributed by atoms with Gasteiger partial charge in [0.1, 0.15) is 0 Å². The van der Waals surface area contributed by atoms with Crippen molar-refractivity contribution < 1.29 is 9.53 Å². The fourth-order valence-corrected chi connectivity index (χ4v) is 5.02. The molecule has 1 atom stereocenters. The first-order valence-electron chi connectivity index (χ1n) is 12.6. The summed E-state index contributed by atoms with van der Waals surface area (Å²) >= 11 is 0. The molecule has 1 heterocycles. The first kappa shape index (κ1) is 24.4. The molecule has 1 fully saturated rings. The number of para-hydroxylation sites is 1. The molecule has 1 aliphatic rings. The summed E-state index contributed by atoms with van der Waals surface area (Å²) in [6, 6.07) is 17.0. The van der Waals surface area contributed by atoms with Crippen LogP contribution in [0.3, 0.4) is 0 Å². The predicted octanol–water partition coefficient (Wildman–Crippen LogP) is 7.40. The Bertz CT molecular complexity index is 821. The summed E-state index contributed by atoms with van der Waals surface area (Å²) in [7, 11) is 1.43. The SMILES string of the molecule is CCCCCC(C)CCCc1ccccc1N1CCC(c2ccc(C(=O)OC)cc2)CC1. The molecule has 0 aromatic heterocycles. The lowest BCUT2D eigenvalue weighted by Gasteiger charge is -2.35. The molecule has 174 valence electrons. The minimum atomic E-state index is -0.265. The smallest absolute Gasteiger partial charge is 0.337 e. The number of nitrogens with zero attached hydrogens (tertiary/aromatic N) is 1. The van der Waals surface area contributed by atoms with E-state index in [9.17, 15) is 4.79 Å². The minimum Gasteiger partial charge on any atom is -0.465 e. The van der Waals surface area contributed by atoms with E-state index >= 15 is 0 Å². The van der Waals surface area contributed by atoms with Crippen molar-refractivity contribution in [3.63, 3.8) is 0 Å². The molecule has 3 rings (SSSR count). The van der Waals surface area contributed by atoms with E-state index in [0.29, 0.717) is 11.5 Å². The highest BCUT2D eigenvalue weighted by Gasteiger charge is 2.22. The lowest BCUT2D eigenvalue weighted by Crippen LogP contribution is -2.33. The Hall–Kier alpha value is -2.29. The Balaban J connectivity index is 1.51. The number of methoxy groups -OCH3 is 1. The summed E-state index contributed by atoms with van der Waals surface area (Å²) in [6.45, 7) is 6.89. The predicted molar refractivity (Wildman–Crippen MR) is 135 cm³/mol. The zero-order valence-electron chi connectivity index (χ0n) is 20.3. The number of ether oxygens (including phenoxy) is 1. The van der Waals surface area contributed by atoms with Crippen molar-refractivity contribution in [3.8, 4) is 0 Å². The number of hydrogen-bond acceptors (Lipinski definition) is 3. The quantitative estimate of drug-likeness (QED) is 0.272. The fraction of sp³-hybridized carbons (Fsp3) is 0.552. The highest BCUT2D eigenvalue weighted by atomic mass is 16.5. The molecule has 3 heteroatoms. The Kier molecular flexibility index (Phi) is 9.64. The van der Waals surface area contributed by atoms with E-state index in [4.69, 9.17) is 4.74 Å². The number of benzene rings is 2. The molecule has 0 radical (unpaired) electrons. The van der Waals surface area contributed by atoms with Gasteiger partial charge in [0.15, 0.2) is 0 Å². The average Bonchev–Trinajstić information content (AvgIpc) is 2.84. The number of hydrogen-bond donors (Lipinski definition) is 0. The highest BCUT2D eigenvalue weighted by molar-refractivity contribution is 5.89. The number of carbonyl (C=O) groups excluding carboxylic acids is 1. The molecule has 2 aromatic rings. The van der Waals surface area contributed by atoms with Crippen LogP contribution in [-0.2, 0) is 11.2 Å². The van der Waals surface area contributed by atoms with Crippen molar-refractivity contribution in [2.24, 2.45) is 5.92 Å². The van der Waals surface area contributed by atoms with Crippen LogP contribution in [0.15, 0.2) is 48.5 Å². The van der Waals surface area contributed by atoms with E-state index in [1.807, 2.05) is 12.1 Å². The van der Waals surface area contributed by atoms with Crippen molar-refractivity contribution in [1.29, 1.82) is 0 Å². The number of unbranched alkanes of at least 4 members (excludes halogenated alkanes) is 2. The third-order valence-corrected chi connectivity index (χ3v) is 7.07. The van der Waals surface area contributed by atoms with Gasteiger partial charge in [0.05, 0.1) is 12.7 Å². The molecule has 1 saturated heterocycles. The fourth-order valence-electron chi connectivity index (χ4n) is 5.02. The summed E-state index contributed by atoms with van der Waals surface area (Å²) in [5.74, 6) is 1.14. The molecule has 0 amide bonds. The van der Waals surface area contributed by atoms with E-state index < -0.39 is 0 Å². The summed E-state index contributed by atoms with van der Waals surface area (Å²) in [6.07, 6.45) is 11.6. The Labute approximate surface area is 195 Å². The van der Waals surface area contributed by atoms with Gasteiger partial charge in [0.25, 0.3) is 0 Å². The normalized spacial score (nSPS) is 15.5. The molecule has 0 N–H and O–H groups in total.